The molecule has 1 aromatic carbocycles. The summed E-state index contributed by atoms with van der Waals surface area (Å²) in [5.74, 6) is -9.87. The maximum atomic E-state index is 16.6. The average Bonchev–Trinajstić information content (AvgIpc) is 4.17. The van der Waals surface area contributed by atoms with Gasteiger partial charge in [0.1, 0.15) is 18.0 Å². The van der Waals surface area contributed by atoms with E-state index in [2.05, 4.69) is 9.97 Å². The van der Waals surface area contributed by atoms with Gasteiger partial charge in [0.05, 0.1) is 53.2 Å². The van der Waals surface area contributed by atoms with E-state index in [1.165, 1.54) is 31.1 Å². The topological polar surface area (TPSA) is 171 Å². The second kappa shape index (κ2) is 16.1. The van der Waals surface area contributed by atoms with Gasteiger partial charge in [0.25, 0.3) is 5.92 Å². The van der Waals surface area contributed by atoms with Crippen LogP contribution in [0.3, 0.4) is 0 Å². The van der Waals surface area contributed by atoms with Gasteiger partial charge in [-0.3, -0.25) is 23.9 Å². The summed E-state index contributed by atoms with van der Waals surface area (Å²) in [5, 5.41) is 0. The van der Waals surface area contributed by atoms with E-state index < -0.39 is 128 Å². The monoisotopic (exact) mass is 906 g/mol. The van der Waals surface area contributed by atoms with Gasteiger partial charge >= 0.3 is 5.97 Å². The third-order valence-electron chi connectivity index (χ3n) is 15.2. The minimum Gasteiger partial charge on any atom is -0.497 e. The molecule has 18 heteroatoms. The highest BCUT2D eigenvalue weighted by Crippen LogP contribution is 2.60. The Kier molecular flexibility index (Phi) is 11.6. The number of carbonyl (C=O) groups is 4. The largest absolute Gasteiger partial charge is 0.497 e. The molecule has 4 saturated carbocycles. The van der Waals surface area contributed by atoms with Gasteiger partial charge in [0.2, 0.25) is 34.1 Å². The fraction of sp³-hybridized carbons (Fsp3) is 0.733. The molecule has 2 amide bonds. The lowest BCUT2D eigenvalue weighted by molar-refractivity contribution is -0.158. The summed E-state index contributed by atoms with van der Waals surface area (Å²) in [6.45, 7) is 8.09. The Morgan fingerprint density at radius 2 is 1.75 bits per heavy atom. The van der Waals surface area contributed by atoms with Crippen LogP contribution in [0.1, 0.15) is 117 Å². The second-order valence-corrected chi connectivity index (χ2v) is 22.6. The third-order valence-corrected chi connectivity index (χ3v) is 17.3. The third kappa shape index (κ3) is 8.50. The number of hydrogen-bond donors (Lipinski definition) is 1. The molecule has 5 fully saturated rings. The van der Waals surface area contributed by atoms with Gasteiger partial charge in [-0.05, 0) is 93.6 Å². The van der Waals surface area contributed by atoms with Crippen LogP contribution in [0.4, 0.5) is 17.6 Å². The normalized spacial score (nSPS) is 33.8. The highest BCUT2D eigenvalue weighted by molar-refractivity contribution is 7.91. The smallest absolute Gasteiger partial charge is 0.306 e. The lowest BCUT2D eigenvalue weighted by Crippen LogP contribution is -2.50. The van der Waals surface area contributed by atoms with Crippen molar-refractivity contribution in [2.45, 2.75) is 147 Å². The number of nitrogens with one attached hydrogen (secondary N) is 1. The Labute approximate surface area is 365 Å². The van der Waals surface area contributed by atoms with Crippen molar-refractivity contribution >= 4 is 44.6 Å². The molecule has 6 aliphatic rings. The van der Waals surface area contributed by atoms with E-state index in [1.54, 1.807) is 33.8 Å². The number of ketones is 1. The Balaban J connectivity index is 1.20. The number of methoxy groups -OCH3 is 1. The summed E-state index contributed by atoms with van der Waals surface area (Å²) in [7, 11) is -2.83. The van der Waals surface area contributed by atoms with Crippen molar-refractivity contribution in [3.05, 3.63) is 23.9 Å². The summed E-state index contributed by atoms with van der Waals surface area (Å²) < 4.78 is 107. The molecule has 13 nitrogen and oxygen atoms in total. The van der Waals surface area contributed by atoms with Crippen molar-refractivity contribution in [2.75, 3.05) is 13.7 Å². The molecule has 1 saturated heterocycles. The van der Waals surface area contributed by atoms with E-state index >= 15 is 13.6 Å². The molecule has 0 spiro atoms. The van der Waals surface area contributed by atoms with E-state index in [0.717, 1.165) is 6.42 Å². The molecule has 1 aromatic heterocycles. The van der Waals surface area contributed by atoms with Crippen molar-refractivity contribution < 1.29 is 59.4 Å². The lowest BCUT2D eigenvalue weighted by Gasteiger charge is -2.36. The number of hydrogen-bond acceptors (Lipinski definition) is 11. The number of sulfonamides is 1. The number of ether oxygens (including phenoxy) is 3. The van der Waals surface area contributed by atoms with E-state index in [0.29, 0.717) is 36.8 Å². The first-order valence-electron chi connectivity index (χ1n) is 22.3. The van der Waals surface area contributed by atoms with Gasteiger partial charge in [-0.25, -0.2) is 27.2 Å². The average molecular weight is 907 g/mol. The van der Waals surface area contributed by atoms with Crippen LogP contribution in [0.5, 0.6) is 11.6 Å². The fourth-order valence-electron chi connectivity index (χ4n) is 10.7. The predicted octanol–water partition coefficient (Wildman–Crippen LogP) is 7.14. The highest BCUT2D eigenvalue weighted by atomic mass is 32.2. The molecule has 0 radical (unpaired) electrons. The minimum atomic E-state index is -4.27. The number of amides is 2. The molecule has 3 heterocycles. The van der Waals surface area contributed by atoms with Crippen LogP contribution in [0.15, 0.2) is 18.2 Å². The van der Waals surface area contributed by atoms with Crippen molar-refractivity contribution in [1.82, 2.24) is 19.6 Å². The number of alkyl halides is 4. The van der Waals surface area contributed by atoms with Crippen LogP contribution in [0.2, 0.25) is 0 Å². The lowest BCUT2D eigenvalue weighted by atomic mass is 9.77. The number of rotatable bonds is 9. The first kappa shape index (κ1) is 45.5. The quantitative estimate of drug-likeness (QED) is 0.200. The number of benzene rings is 1. The van der Waals surface area contributed by atoms with Crippen LogP contribution in [-0.2, 0) is 39.9 Å². The van der Waals surface area contributed by atoms with Crippen molar-refractivity contribution in [3.8, 4) is 11.6 Å². The van der Waals surface area contributed by atoms with Gasteiger partial charge < -0.3 is 19.1 Å². The first-order chi connectivity index (χ1) is 29.5. The number of halogens is 4. The van der Waals surface area contributed by atoms with Crippen LogP contribution >= 0.6 is 0 Å². The van der Waals surface area contributed by atoms with Gasteiger partial charge in [0, 0.05) is 30.7 Å². The molecule has 8 rings (SSSR count). The molecule has 1 N–H and O–H groups in total. The molecule has 2 aliphatic heterocycles. The molecule has 2 aromatic rings. The highest BCUT2D eigenvalue weighted by Gasteiger charge is 2.67. The Morgan fingerprint density at radius 3 is 2.38 bits per heavy atom. The van der Waals surface area contributed by atoms with E-state index in [-0.39, 0.29) is 55.6 Å². The molecular formula is C45H58F4N4O9S. The number of Topliss-reactive ketones (excluding diaryl/α,β-unsaturated/α-hetero) is 1. The standard InChI is InChI=1S/C45H58F4N4O9S/c1-7-25-34-22-53(36(25)32(54)21-44(20-29(44)38(46)47)41(57)52-63(58,59)43(5)14-15-43)40(56)28(42(2,3)4)19-35(55)61-33-17-23-16-27(23)26(33)10-8-9-13-45(48,49)37-39(62-34)51-31-18-24(60-6)11-12-30(31)50-37/h11-12,18,23,25-29,33-34,36,38H,7-10,13-17,19-22H2,1-6H3,(H,52,57)/t23-,25+,26+,27-,28+,29-,33+,34-,36-,44+/m0/s1. The van der Waals surface area contributed by atoms with Gasteiger partial charge in [-0.1, -0.05) is 34.1 Å². The predicted molar refractivity (Wildman–Crippen MR) is 220 cm³/mol. The zero-order chi connectivity index (χ0) is 45.6. The van der Waals surface area contributed by atoms with Crippen molar-refractivity contribution in [3.63, 3.8) is 0 Å². The number of nitrogens with zero attached hydrogens (tertiary/aromatic N) is 3. The molecule has 63 heavy (non-hydrogen) atoms. The molecular weight excluding hydrogens is 849 g/mol. The minimum absolute atomic E-state index is 0.0117. The maximum absolute atomic E-state index is 16.6. The van der Waals surface area contributed by atoms with E-state index in [4.69, 9.17) is 14.2 Å². The van der Waals surface area contributed by atoms with Crippen LogP contribution in [0.25, 0.3) is 11.0 Å². The van der Waals surface area contributed by atoms with Gasteiger partial charge in [-0.15, -0.1) is 0 Å². The molecule has 4 aliphatic carbocycles. The summed E-state index contributed by atoms with van der Waals surface area (Å²) in [4.78, 5) is 67.8. The first-order valence-corrected chi connectivity index (χ1v) is 23.8. The fourth-order valence-corrected chi connectivity index (χ4v) is 12.0. The second-order valence-electron chi connectivity index (χ2n) is 20.4. The van der Waals surface area contributed by atoms with Gasteiger partial charge in [-0.2, -0.15) is 8.78 Å². The van der Waals surface area contributed by atoms with Crippen molar-refractivity contribution in [1.29, 1.82) is 0 Å². The molecule has 2 bridgehead atoms. The summed E-state index contributed by atoms with van der Waals surface area (Å²) in [6.07, 6.45) is -3.43. The SMILES string of the molecule is CC[C@@H]1[C@@H]2CN(C(=O)[C@H](C(C)(C)C)CC(=O)O[C@@H]3C[C@@H]4C[C@@H]4[C@H]3CCCCC(F)(F)c3nc4ccc(OC)cc4nc3O2)[C@@H]1C(=O)C[C@]1(C(=O)NS(=O)(=O)C2(C)CC2)C[C@H]1C(F)F. The zero-order valence-electron chi connectivity index (χ0n) is 36.6. The van der Waals surface area contributed by atoms with E-state index in [1.807, 2.05) is 4.72 Å². The van der Waals surface area contributed by atoms with Crippen molar-refractivity contribution in [2.24, 2.45) is 46.3 Å². The van der Waals surface area contributed by atoms with Crippen LogP contribution in [0, 0.1) is 46.3 Å². The Morgan fingerprint density at radius 1 is 1.02 bits per heavy atom. The number of fused-ring (bicyclic) bond motifs is 7. The summed E-state index contributed by atoms with van der Waals surface area (Å²) >= 11 is 0. The van der Waals surface area contributed by atoms with Crippen LogP contribution in [-0.4, -0.2) is 89.9 Å². The molecule has 0 unspecified atom stereocenters. The summed E-state index contributed by atoms with van der Waals surface area (Å²) in [6, 6.07) is 3.15. The zero-order valence-corrected chi connectivity index (χ0v) is 37.5. The molecule has 346 valence electrons. The Hall–Kier alpha value is -4.09. The van der Waals surface area contributed by atoms with Gasteiger partial charge in [0.15, 0.2) is 11.5 Å². The molecule has 10 atom stereocenters. The number of carbonyl (C=O) groups excluding carboxylic acids is 4. The maximum Gasteiger partial charge on any atom is 0.306 e. The number of esters is 1. The van der Waals surface area contributed by atoms with E-state index in [9.17, 15) is 31.6 Å². The summed E-state index contributed by atoms with van der Waals surface area (Å²) in [5.41, 5.74) is -3.35. The Bertz CT molecular complexity index is 2290. The number of aromatic nitrogens is 2. The van der Waals surface area contributed by atoms with Crippen LogP contribution < -0.4 is 14.2 Å².